The van der Waals surface area contributed by atoms with E-state index in [-0.39, 0.29) is 12.5 Å². The topological polar surface area (TPSA) is 91.7 Å². The Bertz CT molecular complexity index is 997. The van der Waals surface area contributed by atoms with Crippen molar-refractivity contribution >= 4 is 11.9 Å². The van der Waals surface area contributed by atoms with Crippen molar-refractivity contribution in [2.75, 3.05) is 13.2 Å². The summed E-state index contributed by atoms with van der Waals surface area (Å²) in [6.45, 7) is 2.81. The van der Waals surface area contributed by atoms with E-state index in [1.165, 1.54) is 0 Å². The lowest BCUT2D eigenvalue weighted by atomic mass is 9.91. The van der Waals surface area contributed by atoms with Crippen molar-refractivity contribution in [3.63, 3.8) is 0 Å². The Kier molecular flexibility index (Phi) is 4.40. The summed E-state index contributed by atoms with van der Waals surface area (Å²) in [4.78, 5) is 26.9. The number of rotatable bonds is 3. The molecule has 0 aliphatic carbocycles. The molecule has 0 spiro atoms. The van der Waals surface area contributed by atoms with E-state index >= 15 is 0 Å². The maximum absolute atomic E-state index is 13.2. The molecule has 3 amide bonds. The monoisotopic (exact) mass is 377 g/mol. The van der Waals surface area contributed by atoms with Gasteiger partial charge in [0.2, 0.25) is 0 Å². The van der Waals surface area contributed by atoms with Gasteiger partial charge in [0, 0.05) is 6.42 Å². The van der Waals surface area contributed by atoms with Gasteiger partial charge in [0.15, 0.2) is 11.5 Å². The summed E-state index contributed by atoms with van der Waals surface area (Å²) in [5.74, 6) is 0.813. The molecule has 4 rings (SSSR count). The average molecular weight is 377 g/mol. The molecule has 0 bridgehead atoms. The van der Waals surface area contributed by atoms with Gasteiger partial charge < -0.3 is 14.8 Å². The summed E-state index contributed by atoms with van der Waals surface area (Å²) in [6.07, 6.45) is 0.781. The van der Waals surface area contributed by atoms with Gasteiger partial charge in [-0.3, -0.25) is 9.69 Å². The first kappa shape index (κ1) is 17.9. The predicted octanol–water partition coefficient (Wildman–Crippen LogP) is 2.69. The van der Waals surface area contributed by atoms with Crippen molar-refractivity contribution in [2.45, 2.75) is 25.4 Å². The minimum absolute atomic E-state index is 0.0363. The standard InChI is InChI=1S/C21H19N3O4/c1-21(16-7-8-17-18(11-16)28-10-4-9-27-17)19(25)24(20(26)23-21)13-15-6-3-2-5-14(15)12-22/h2-3,5-8,11H,4,9-10,13H2,1H3,(H,23,26)/t21-/m0/s1. The molecule has 7 heteroatoms. The highest BCUT2D eigenvalue weighted by atomic mass is 16.5. The lowest BCUT2D eigenvalue weighted by Crippen LogP contribution is -2.40. The molecule has 7 nitrogen and oxygen atoms in total. The van der Waals surface area contributed by atoms with E-state index in [1.54, 1.807) is 49.4 Å². The zero-order valence-electron chi connectivity index (χ0n) is 15.4. The normalized spacial score (nSPS) is 21.1. The summed E-state index contributed by atoms with van der Waals surface area (Å²) in [5.41, 5.74) is 0.457. The van der Waals surface area contributed by atoms with Crippen molar-refractivity contribution in [1.29, 1.82) is 5.26 Å². The second-order valence-corrected chi connectivity index (χ2v) is 6.93. The Balaban J connectivity index is 1.64. The number of amides is 3. The van der Waals surface area contributed by atoms with Crippen molar-refractivity contribution < 1.29 is 19.1 Å². The highest BCUT2D eigenvalue weighted by molar-refractivity contribution is 6.07. The number of carbonyl (C=O) groups is 2. The second kappa shape index (κ2) is 6.89. The summed E-state index contributed by atoms with van der Waals surface area (Å²) >= 11 is 0. The Morgan fingerprint density at radius 1 is 1.14 bits per heavy atom. The van der Waals surface area contributed by atoms with Gasteiger partial charge >= 0.3 is 6.03 Å². The van der Waals surface area contributed by atoms with Crippen LogP contribution in [0.5, 0.6) is 11.5 Å². The van der Waals surface area contributed by atoms with Crippen molar-refractivity contribution in [3.8, 4) is 17.6 Å². The summed E-state index contributed by atoms with van der Waals surface area (Å²) in [7, 11) is 0. The maximum atomic E-state index is 13.2. The maximum Gasteiger partial charge on any atom is 0.325 e. The Hall–Kier alpha value is -3.53. The number of nitrogens with zero attached hydrogens (tertiary/aromatic N) is 2. The molecule has 0 aromatic heterocycles. The van der Waals surface area contributed by atoms with E-state index in [4.69, 9.17) is 9.47 Å². The summed E-state index contributed by atoms with van der Waals surface area (Å²) in [6, 6.07) is 13.8. The van der Waals surface area contributed by atoms with Crippen LogP contribution in [0.4, 0.5) is 4.79 Å². The molecule has 2 aromatic carbocycles. The van der Waals surface area contributed by atoms with Crippen LogP contribution in [0.1, 0.15) is 30.0 Å². The van der Waals surface area contributed by atoms with Crippen LogP contribution >= 0.6 is 0 Å². The molecule has 0 unspecified atom stereocenters. The number of imide groups is 1. The number of ether oxygens (including phenoxy) is 2. The number of benzene rings is 2. The molecule has 1 saturated heterocycles. The van der Waals surface area contributed by atoms with Crippen LogP contribution in [0, 0.1) is 11.3 Å². The Labute approximate surface area is 162 Å². The molecule has 2 aliphatic rings. The first-order valence-electron chi connectivity index (χ1n) is 9.05. The second-order valence-electron chi connectivity index (χ2n) is 6.93. The van der Waals surface area contributed by atoms with Crippen LogP contribution < -0.4 is 14.8 Å². The molecule has 1 N–H and O–H groups in total. The fourth-order valence-electron chi connectivity index (χ4n) is 3.45. The van der Waals surface area contributed by atoms with E-state index < -0.39 is 11.6 Å². The molecule has 2 heterocycles. The van der Waals surface area contributed by atoms with Crippen molar-refractivity contribution in [3.05, 3.63) is 59.2 Å². The fourth-order valence-corrected chi connectivity index (χ4v) is 3.45. The highest BCUT2D eigenvalue weighted by Crippen LogP contribution is 2.37. The first-order valence-corrected chi connectivity index (χ1v) is 9.05. The molecular formula is C21H19N3O4. The molecule has 142 valence electrons. The quantitative estimate of drug-likeness (QED) is 0.831. The van der Waals surface area contributed by atoms with Gasteiger partial charge in [-0.2, -0.15) is 5.26 Å². The van der Waals surface area contributed by atoms with Crippen LogP contribution in [0.2, 0.25) is 0 Å². The third-order valence-corrected chi connectivity index (χ3v) is 5.07. The number of nitrogens with one attached hydrogen (secondary N) is 1. The molecule has 1 atom stereocenters. The smallest absolute Gasteiger partial charge is 0.325 e. The van der Waals surface area contributed by atoms with Crippen LogP contribution in [0.15, 0.2) is 42.5 Å². The molecule has 1 fully saturated rings. The van der Waals surface area contributed by atoms with Gasteiger partial charge in [0.25, 0.3) is 5.91 Å². The molecule has 2 aromatic rings. The number of carbonyl (C=O) groups excluding carboxylic acids is 2. The first-order chi connectivity index (χ1) is 13.5. The summed E-state index contributed by atoms with van der Waals surface area (Å²) < 4.78 is 11.3. The van der Waals surface area contributed by atoms with E-state index in [2.05, 4.69) is 11.4 Å². The van der Waals surface area contributed by atoms with E-state index in [0.717, 1.165) is 11.3 Å². The van der Waals surface area contributed by atoms with Crippen molar-refractivity contribution in [1.82, 2.24) is 10.2 Å². The Morgan fingerprint density at radius 3 is 2.68 bits per heavy atom. The lowest BCUT2D eigenvalue weighted by molar-refractivity contribution is -0.131. The number of hydrogen-bond acceptors (Lipinski definition) is 5. The predicted molar refractivity (Wildman–Crippen MR) is 99.6 cm³/mol. The zero-order valence-corrected chi connectivity index (χ0v) is 15.4. The largest absolute Gasteiger partial charge is 0.490 e. The minimum Gasteiger partial charge on any atom is -0.490 e. The van der Waals surface area contributed by atoms with E-state index in [1.807, 2.05) is 0 Å². The molecule has 28 heavy (non-hydrogen) atoms. The van der Waals surface area contributed by atoms with Crippen LogP contribution in [0.3, 0.4) is 0 Å². The van der Waals surface area contributed by atoms with E-state index in [9.17, 15) is 14.9 Å². The fraction of sp³-hybridized carbons (Fsp3) is 0.286. The van der Waals surface area contributed by atoms with Gasteiger partial charge in [-0.1, -0.05) is 24.3 Å². The van der Waals surface area contributed by atoms with Gasteiger partial charge in [0.05, 0.1) is 31.4 Å². The van der Waals surface area contributed by atoms with Gasteiger partial charge in [0.1, 0.15) is 5.54 Å². The van der Waals surface area contributed by atoms with Gasteiger partial charge in [-0.05, 0) is 36.2 Å². The van der Waals surface area contributed by atoms with Crippen molar-refractivity contribution in [2.24, 2.45) is 0 Å². The number of hydrogen-bond donors (Lipinski definition) is 1. The average Bonchev–Trinajstić information content (AvgIpc) is 2.87. The zero-order chi connectivity index (χ0) is 19.7. The minimum atomic E-state index is -1.22. The SMILES string of the molecule is C[C@@]1(c2ccc3c(c2)OCCCO3)NC(=O)N(Cc2ccccc2C#N)C1=O. The molecule has 0 radical (unpaired) electrons. The summed E-state index contributed by atoms with van der Waals surface area (Å²) in [5, 5.41) is 12.0. The number of fused-ring (bicyclic) bond motifs is 1. The van der Waals surface area contributed by atoms with Gasteiger partial charge in [-0.25, -0.2) is 4.79 Å². The number of nitriles is 1. The molecule has 0 saturated carbocycles. The lowest BCUT2D eigenvalue weighted by Gasteiger charge is -2.23. The molecule has 2 aliphatic heterocycles. The van der Waals surface area contributed by atoms with Crippen LogP contribution in [0.25, 0.3) is 0 Å². The Morgan fingerprint density at radius 2 is 1.89 bits per heavy atom. The van der Waals surface area contributed by atoms with Crippen LogP contribution in [-0.4, -0.2) is 30.1 Å². The number of urea groups is 1. The van der Waals surface area contributed by atoms with Crippen LogP contribution in [-0.2, 0) is 16.9 Å². The van der Waals surface area contributed by atoms with E-state index in [0.29, 0.717) is 41.4 Å². The third kappa shape index (κ3) is 2.93. The van der Waals surface area contributed by atoms with Gasteiger partial charge in [-0.15, -0.1) is 0 Å². The molecular weight excluding hydrogens is 358 g/mol. The highest BCUT2D eigenvalue weighted by Gasteiger charge is 2.49. The third-order valence-electron chi connectivity index (χ3n) is 5.07.